The van der Waals surface area contributed by atoms with E-state index in [-0.39, 0.29) is 12.3 Å². The second-order valence-corrected chi connectivity index (χ2v) is 4.63. The number of aliphatic imine (C=N–C) groups is 1. The highest BCUT2D eigenvalue weighted by Crippen LogP contribution is 2.30. The van der Waals surface area contributed by atoms with Gasteiger partial charge in [0, 0.05) is 18.7 Å². The third kappa shape index (κ3) is 2.47. The van der Waals surface area contributed by atoms with Gasteiger partial charge < -0.3 is 4.74 Å². The van der Waals surface area contributed by atoms with Crippen LogP contribution in [0.25, 0.3) is 0 Å². The fourth-order valence-corrected chi connectivity index (χ4v) is 2.04. The summed E-state index contributed by atoms with van der Waals surface area (Å²) in [6.45, 7) is 1.40. The van der Waals surface area contributed by atoms with Gasteiger partial charge in [-0.15, -0.1) is 0 Å². The number of rotatable bonds is 1. The van der Waals surface area contributed by atoms with Gasteiger partial charge in [0.05, 0.1) is 17.8 Å². The minimum absolute atomic E-state index is 0.0863. The number of benzene rings is 1. The largest absolute Gasteiger partial charge is 0.440 e. The normalized spacial score (nSPS) is 21.9. The van der Waals surface area contributed by atoms with Gasteiger partial charge in [-0.3, -0.25) is 4.98 Å². The van der Waals surface area contributed by atoms with E-state index >= 15 is 0 Å². The van der Waals surface area contributed by atoms with E-state index < -0.39 is 5.85 Å². The van der Waals surface area contributed by atoms with Crippen LogP contribution in [0.5, 0.6) is 0 Å². The number of aromatic nitrogens is 1. The second kappa shape index (κ2) is 4.46. The molecule has 96 valence electrons. The summed E-state index contributed by atoms with van der Waals surface area (Å²) in [5.41, 5.74) is 2.02. The van der Waals surface area contributed by atoms with Crippen molar-refractivity contribution in [2.75, 3.05) is 0 Å². The van der Waals surface area contributed by atoms with Crippen LogP contribution in [0.2, 0.25) is 0 Å². The van der Waals surface area contributed by atoms with E-state index in [0.29, 0.717) is 11.4 Å². The minimum Gasteiger partial charge on any atom is -0.440 e. The fraction of sp³-hybridized carbons (Fsp3) is 0.200. The quantitative estimate of drug-likeness (QED) is 0.783. The molecule has 19 heavy (non-hydrogen) atoms. The number of halogens is 1. The van der Waals surface area contributed by atoms with Gasteiger partial charge >= 0.3 is 0 Å². The van der Waals surface area contributed by atoms with Gasteiger partial charge in [0.1, 0.15) is 0 Å². The first-order chi connectivity index (χ1) is 9.14. The lowest BCUT2D eigenvalue weighted by Gasteiger charge is -2.20. The molecule has 0 fully saturated rings. The molecule has 0 saturated heterocycles. The van der Waals surface area contributed by atoms with E-state index in [1.807, 2.05) is 36.4 Å². The number of nitrogens with zero attached hydrogens (tertiary/aromatic N) is 2. The van der Waals surface area contributed by atoms with Crippen LogP contribution in [0, 0.1) is 0 Å². The minimum atomic E-state index is -1.81. The van der Waals surface area contributed by atoms with E-state index in [9.17, 15) is 4.39 Å². The van der Waals surface area contributed by atoms with E-state index in [4.69, 9.17) is 4.74 Å². The van der Waals surface area contributed by atoms with Crippen molar-refractivity contribution in [3.63, 3.8) is 0 Å². The molecule has 1 aliphatic rings. The maximum Gasteiger partial charge on any atom is 0.253 e. The maximum atomic E-state index is 14.4. The molecule has 1 aliphatic heterocycles. The molecular weight excluding hydrogens is 243 g/mol. The van der Waals surface area contributed by atoms with Crippen molar-refractivity contribution < 1.29 is 9.13 Å². The summed E-state index contributed by atoms with van der Waals surface area (Å²) in [6, 6.07) is 12.9. The molecule has 0 amide bonds. The van der Waals surface area contributed by atoms with Crippen molar-refractivity contribution in [3.05, 3.63) is 59.9 Å². The molecule has 0 bridgehead atoms. The Kier molecular flexibility index (Phi) is 2.78. The molecule has 3 rings (SSSR count). The molecular formula is C15H13FN2O. The third-order valence-electron chi connectivity index (χ3n) is 2.90. The molecule has 1 atom stereocenters. The number of hydrogen-bond acceptors (Lipinski definition) is 3. The van der Waals surface area contributed by atoms with Crippen LogP contribution in [-0.4, -0.2) is 16.7 Å². The van der Waals surface area contributed by atoms with E-state index in [1.165, 1.54) is 6.92 Å². The highest BCUT2D eigenvalue weighted by Gasteiger charge is 2.32. The number of hydrogen-bond donors (Lipinski definition) is 0. The Morgan fingerprint density at radius 2 is 1.95 bits per heavy atom. The smallest absolute Gasteiger partial charge is 0.253 e. The Labute approximate surface area is 110 Å². The average Bonchev–Trinajstić information content (AvgIpc) is 2.54. The molecule has 0 N–H and O–H groups in total. The van der Waals surface area contributed by atoms with Crippen LogP contribution in [0.1, 0.15) is 18.2 Å². The second-order valence-electron chi connectivity index (χ2n) is 4.63. The molecule has 0 aliphatic carbocycles. The summed E-state index contributed by atoms with van der Waals surface area (Å²) in [4.78, 5) is 8.57. The molecule has 0 radical (unpaired) electrons. The molecule has 1 aromatic heterocycles. The molecule has 1 aromatic carbocycles. The van der Waals surface area contributed by atoms with E-state index in [2.05, 4.69) is 9.98 Å². The first-order valence-corrected chi connectivity index (χ1v) is 6.10. The summed E-state index contributed by atoms with van der Waals surface area (Å²) < 4.78 is 19.8. The summed E-state index contributed by atoms with van der Waals surface area (Å²) >= 11 is 0. The summed E-state index contributed by atoms with van der Waals surface area (Å²) in [5, 5.41) is 0. The van der Waals surface area contributed by atoms with Gasteiger partial charge in [-0.2, -0.15) is 4.39 Å². The highest BCUT2D eigenvalue weighted by molar-refractivity contribution is 5.96. The van der Waals surface area contributed by atoms with Crippen molar-refractivity contribution in [1.29, 1.82) is 0 Å². The Bertz CT molecular complexity index is 623. The standard InChI is InChI=1S/C15H13FN2O/c1-15(16)10-13-12(8-5-9-17-13)18-14(19-15)11-6-3-2-4-7-11/h2-9H,10H2,1H3. The number of ether oxygens (including phenoxy) is 1. The monoisotopic (exact) mass is 256 g/mol. The van der Waals surface area contributed by atoms with Crippen molar-refractivity contribution in [3.8, 4) is 0 Å². The van der Waals surface area contributed by atoms with Crippen molar-refractivity contribution in [2.24, 2.45) is 4.99 Å². The Morgan fingerprint density at radius 1 is 1.16 bits per heavy atom. The van der Waals surface area contributed by atoms with Crippen LogP contribution in [-0.2, 0) is 11.2 Å². The lowest BCUT2D eigenvalue weighted by molar-refractivity contribution is -0.0534. The predicted molar refractivity (Wildman–Crippen MR) is 71.2 cm³/mol. The van der Waals surface area contributed by atoms with Crippen molar-refractivity contribution >= 4 is 11.6 Å². The van der Waals surface area contributed by atoms with Gasteiger partial charge in [-0.05, 0) is 24.3 Å². The highest BCUT2D eigenvalue weighted by atomic mass is 19.2. The predicted octanol–water partition coefficient (Wildman–Crippen LogP) is 3.42. The topological polar surface area (TPSA) is 34.5 Å². The molecule has 2 aromatic rings. The zero-order valence-corrected chi connectivity index (χ0v) is 10.5. The lowest BCUT2D eigenvalue weighted by Crippen LogP contribution is -2.28. The first-order valence-electron chi connectivity index (χ1n) is 6.10. The van der Waals surface area contributed by atoms with Crippen LogP contribution in [0.4, 0.5) is 10.1 Å². The van der Waals surface area contributed by atoms with E-state index in [1.54, 1.807) is 12.3 Å². The maximum absolute atomic E-state index is 14.4. The molecule has 0 saturated carbocycles. The SMILES string of the molecule is CC1(F)Cc2ncccc2N=C(c2ccccc2)O1. The Balaban J connectivity index is 2.12. The molecule has 2 heterocycles. The van der Waals surface area contributed by atoms with Gasteiger partial charge in [-0.25, -0.2) is 4.99 Å². The van der Waals surface area contributed by atoms with Gasteiger partial charge in [0.25, 0.3) is 5.85 Å². The van der Waals surface area contributed by atoms with Crippen LogP contribution in [0.15, 0.2) is 53.7 Å². The van der Waals surface area contributed by atoms with Crippen LogP contribution < -0.4 is 0 Å². The molecule has 0 spiro atoms. The van der Waals surface area contributed by atoms with Gasteiger partial charge in [0.15, 0.2) is 0 Å². The fourth-order valence-electron chi connectivity index (χ4n) is 2.04. The zero-order chi connectivity index (χ0) is 13.3. The van der Waals surface area contributed by atoms with E-state index in [0.717, 1.165) is 5.56 Å². The van der Waals surface area contributed by atoms with Crippen LogP contribution >= 0.6 is 0 Å². The van der Waals surface area contributed by atoms with Gasteiger partial charge in [0.2, 0.25) is 5.90 Å². The Hall–Kier alpha value is -2.23. The first kappa shape index (κ1) is 11.8. The molecule has 1 unspecified atom stereocenters. The third-order valence-corrected chi connectivity index (χ3v) is 2.90. The summed E-state index contributed by atoms with van der Waals surface area (Å²) in [7, 11) is 0. The van der Waals surface area contributed by atoms with Crippen molar-refractivity contribution in [1.82, 2.24) is 4.98 Å². The van der Waals surface area contributed by atoms with Crippen molar-refractivity contribution in [2.45, 2.75) is 19.2 Å². The lowest BCUT2D eigenvalue weighted by atomic mass is 10.1. The molecule has 4 heteroatoms. The Morgan fingerprint density at radius 3 is 2.74 bits per heavy atom. The van der Waals surface area contributed by atoms with Gasteiger partial charge in [-0.1, -0.05) is 18.2 Å². The number of fused-ring (bicyclic) bond motifs is 1. The summed E-state index contributed by atoms with van der Waals surface area (Å²) in [5.74, 6) is -1.52. The number of alkyl halides is 1. The van der Waals surface area contributed by atoms with Crippen LogP contribution in [0.3, 0.4) is 0 Å². The average molecular weight is 256 g/mol. The molecule has 3 nitrogen and oxygen atoms in total. The summed E-state index contributed by atoms with van der Waals surface area (Å²) in [6.07, 6.45) is 1.72. The zero-order valence-electron chi connectivity index (χ0n) is 10.5. The number of pyridine rings is 1.